The first-order chi connectivity index (χ1) is 11.0. The summed E-state index contributed by atoms with van der Waals surface area (Å²) in [6.07, 6.45) is -0.889. The SMILES string of the molecule is Cc1cccc(OC(C)CNC(=O)CC(O)c2ccccc2)c1. The maximum atomic E-state index is 11.9. The van der Waals surface area contributed by atoms with E-state index in [1.54, 1.807) is 12.1 Å². The summed E-state index contributed by atoms with van der Waals surface area (Å²) >= 11 is 0. The minimum Gasteiger partial charge on any atom is -0.489 e. The van der Waals surface area contributed by atoms with E-state index in [0.29, 0.717) is 6.54 Å². The zero-order chi connectivity index (χ0) is 16.7. The third kappa shape index (κ3) is 5.75. The number of hydrogen-bond donors (Lipinski definition) is 2. The third-order valence-electron chi connectivity index (χ3n) is 3.48. The predicted octanol–water partition coefficient (Wildman–Crippen LogP) is 3.00. The van der Waals surface area contributed by atoms with Crippen LogP contribution < -0.4 is 10.1 Å². The van der Waals surface area contributed by atoms with Crippen molar-refractivity contribution in [2.45, 2.75) is 32.5 Å². The van der Waals surface area contributed by atoms with Crippen LogP contribution in [0.4, 0.5) is 0 Å². The fourth-order valence-corrected chi connectivity index (χ4v) is 2.26. The molecule has 0 aromatic heterocycles. The lowest BCUT2D eigenvalue weighted by Gasteiger charge is -2.17. The molecule has 2 rings (SSSR count). The Balaban J connectivity index is 1.75. The number of amides is 1. The second-order valence-electron chi connectivity index (χ2n) is 5.68. The summed E-state index contributed by atoms with van der Waals surface area (Å²) in [4.78, 5) is 11.9. The summed E-state index contributed by atoms with van der Waals surface area (Å²) in [6, 6.07) is 17.0. The molecule has 2 aromatic carbocycles. The fraction of sp³-hybridized carbons (Fsp3) is 0.316. The lowest BCUT2D eigenvalue weighted by Crippen LogP contribution is -2.34. The highest BCUT2D eigenvalue weighted by atomic mass is 16.5. The molecule has 0 aliphatic heterocycles. The second kappa shape index (κ2) is 8.34. The predicted molar refractivity (Wildman–Crippen MR) is 90.3 cm³/mol. The summed E-state index contributed by atoms with van der Waals surface area (Å²) < 4.78 is 5.76. The average Bonchev–Trinajstić information content (AvgIpc) is 2.54. The van der Waals surface area contributed by atoms with E-state index < -0.39 is 6.10 Å². The molecule has 0 radical (unpaired) electrons. The highest BCUT2D eigenvalue weighted by Crippen LogP contribution is 2.16. The van der Waals surface area contributed by atoms with Gasteiger partial charge in [-0.2, -0.15) is 0 Å². The standard InChI is InChI=1S/C19H23NO3/c1-14-7-6-10-17(11-14)23-15(2)13-20-19(22)12-18(21)16-8-4-3-5-9-16/h3-11,15,18,21H,12-13H2,1-2H3,(H,20,22). The highest BCUT2D eigenvalue weighted by molar-refractivity contribution is 5.76. The molecule has 1 amide bonds. The van der Waals surface area contributed by atoms with Crippen molar-refractivity contribution >= 4 is 5.91 Å². The van der Waals surface area contributed by atoms with E-state index in [4.69, 9.17) is 4.74 Å². The molecule has 2 unspecified atom stereocenters. The largest absolute Gasteiger partial charge is 0.489 e. The zero-order valence-corrected chi connectivity index (χ0v) is 13.5. The number of rotatable bonds is 7. The van der Waals surface area contributed by atoms with Crippen LogP contribution >= 0.6 is 0 Å². The van der Waals surface area contributed by atoms with E-state index in [2.05, 4.69) is 5.32 Å². The van der Waals surface area contributed by atoms with E-state index in [-0.39, 0.29) is 18.4 Å². The summed E-state index contributed by atoms with van der Waals surface area (Å²) in [7, 11) is 0. The van der Waals surface area contributed by atoms with Crippen LogP contribution in [-0.4, -0.2) is 23.7 Å². The molecule has 0 heterocycles. The minimum atomic E-state index is -0.788. The molecular formula is C19H23NO3. The minimum absolute atomic E-state index is 0.0428. The van der Waals surface area contributed by atoms with Gasteiger partial charge in [-0.25, -0.2) is 0 Å². The summed E-state index contributed by atoms with van der Waals surface area (Å²) in [5.41, 5.74) is 1.87. The molecule has 2 aromatic rings. The van der Waals surface area contributed by atoms with Gasteiger partial charge in [-0.05, 0) is 37.1 Å². The van der Waals surface area contributed by atoms with Gasteiger partial charge in [0, 0.05) is 0 Å². The number of carbonyl (C=O) groups excluding carboxylic acids is 1. The number of aliphatic hydroxyl groups excluding tert-OH is 1. The highest BCUT2D eigenvalue weighted by Gasteiger charge is 2.13. The van der Waals surface area contributed by atoms with Gasteiger partial charge in [-0.1, -0.05) is 42.5 Å². The Morgan fingerprint density at radius 2 is 1.91 bits per heavy atom. The molecule has 0 saturated carbocycles. The third-order valence-corrected chi connectivity index (χ3v) is 3.48. The fourth-order valence-electron chi connectivity index (χ4n) is 2.26. The number of hydrogen-bond acceptors (Lipinski definition) is 3. The quantitative estimate of drug-likeness (QED) is 0.826. The summed E-state index contributed by atoms with van der Waals surface area (Å²) in [5, 5.41) is 12.8. The molecule has 0 aliphatic carbocycles. The number of aryl methyl sites for hydroxylation is 1. The van der Waals surface area contributed by atoms with Crippen LogP contribution in [-0.2, 0) is 4.79 Å². The van der Waals surface area contributed by atoms with Crippen LogP contribution in [0.25, 0.3) is 0 Å². The van der Waals surface area contributed by atoms with Gasteiger partial charge in [0.1, 0.15) is 11.9 Å². The normalized spacial score (nSPS) is 13.2. The maximum Gasteiger partial charge on any atom is 0.223 e. The van der Waals surface area contributed by atoms with Gasteiger partial charge in [0.2, 0.25) is 5.91 Å². The van der Waals surface area contributed by atoms with Crippen molar-refractivity contribution in [1.82, 2.24) is 5.32 Å². The molecule has 2 atom stereocenters. The Labute approximate surface area is 137 Å². The summed E-state index contributed by atoms with van der Waals surface area (Å²) in [5.74, 6) is 0.595. The Bertz CT molecular complexity index is 628. The van der Waals surface area contributed by atoms with Crippen LogP contribution in [0, 0.1) is 6.92 Å². The Kier molecular flexibility index (Phi) is 6.18. The lowest BCUT2D eigenvalue weighted by molar-refractivity contribution is -0.123. The monoisotopic (exact) mass is 313 g/mol. The van der Waals surface area contributed by atoms with E-state index >= 15 is 0 Å². The van der Waals surface area contributed by atoms with Crippen molar-refractivity contribution in [2.75, 3.05) is 6.54 Å². The molecule has 0 saturated heterocycles. The molecule has 0 spiro atoms. The van der Waals surface area contributed by atoms with Crippen molar-refractivity contribution in [2.24, 2.45) is 0 Å². The molecule has 0 fully saturated rings. The molecule has 0 bridgehead atoms. The van der Waals surface area contributed by atoms with Gasteiger partial charge in [-0.3, -0.25) is 4.79 Å². The molecule has 4 heteroatoms. The first-order valence-electron chi connectivity index (χ1n) is 7.77. The smallest absolute Gasteiger partial charge is 0.223 e. The van der Waals surface area contributed by atoms with Crippen molar-refractivity contribution < 1.29 is 14.6 Å². The van der Waals surface area contributed by atoms with Crippen molar-refractivity contribution in [3.63, 3.8) is 0 Å². The number of aliphatic hydroxyl groups is 1. The number of benzene rings is 2. The lowest BCUT2D eigenvalue weighted by atomic mass is 10.1. The number of ether oxygens (including phenoxy) is 1. The van der Waals surface area contributed by atoms with Crippen molar-refractivity contribution in [3.05, 3.63) is 65.7 Å². The molecule has 4 nitrogen and oxygen atoms in total. The Morgan fingerprint density at radius 1 is 1.17 bits per heavy atom. The first-order valence-corrected chi connectivity index (χ1v) is 7.77. The number of nitrogens with one attached hydrogen (secondary N) is 1. The Morgan fingerprint density at radius 3 is 2.61 bits per heavy atom. The molecule has 23 heavy (non-hydrogen) atoms. The average molecular weight is 313 g/mol. The maximum absolute atomic E-state index is 11.9. The van der Waals surface area contributed by atoms with E-state index in [9.17, 15) is 9.90 Å². The van der Waals surface area contributed by atoms with Crippen molar-refractivity contribution in [1.29, 1.82) is 0 Å². The van der Waals surface area contributed by atoms with Gasteiger partial charge >= 0.3 is 0 Å². The molecule has 0 aliphatic rings. The van der Waals surface area contributed by atoms with E-state index in [1.165, 1.54) is 0 Å². The van der Waals surface area contributed by atoms with E-state index in [1.807, 2.05) is 56.3 Å². The van der Waals surface area contributed by atoms with Gasteiger partial charge in [0.05, 0.1) is 19.1 Å². The number of carbonyl (C=O) groups is 1. The van der Waals surface area contributed by atoms with Crippen molar-refractivity contribution in [3.8, 4) is 5.75 Å². The molecule has 122 valence electrons. The molecule has 2 N–H and O–H groups in total. The van der Waals surface area contributed by atoms with E-state index in [0.717, 1.165) is 16.9 Å². The first kappa shape index (κ1) is 17.0. The van der Waals surface area contributed by atoms with Crippen LogP contribution in [0.1, 0.15) is 30.6 Å². The van der Waals surface area contributed by atoms with Crippen LogP contribution in [0.15, 0.2) is 54.6 Å². The second-order valence-corrected chi connectivity index (χ2v) is 5.68. The molecular weight excluding hydrogens is 290 g/mol. The van der Waals surface area contributed by atoms with Crippen LogP contribution in [0.2, 0.25) is 0 Å². The zero-order valence-electron chi connectivity index (χ0n) is 13.5. The topological polar surface area (TPSA) is 58.6 Å². The summed E-state index contributed by atoms with van der Waals surface area (Å²) in [6.45, 7) is 4.30. The van der Waals surface area contributed by atoms with Gasteiger partial charge in [0.25, 0.3) is 0 Å². The van der Waals surface area contributed by atoms with Gasteiger partial charge in [-0.15, -0.1) is 0 Å². The van der Waals surface area contributed by atoms with Crippen LogP contribution in [0.5, 0.6) is 5.75 Å². The Hall–Kier alpha value is -2.33. The van der Waals surface area contributed by atoms with Gasteiger partial charge < -0.3 is 15.2 Å². The van der Waals surface area contributed by atoms with Gasteiger partial charge in [0.15, 0.2) is 0 Å². The van der Waals surface area contributed by atoms with Crippen LogP contribution in [0.3, 0.4) is 0 Å².